The highest BCUT2D eigenvalue weighted by molar-refractivity contribution is 7.97. The van der Waals surface area contributed by atoms with Crippen LogP contribution < -0.4 is 14.2 Å². The summed E-state index contributed by atoms with van der Waals surface area (Å²) < 4.78 is 215. The third kappa shape index (κ3) is 13.6. The van der Waals surface area contributed by atoms with Crippen molar-refractivity contribution < 1.29 is 89.2 Å². The third-order valence-electron chi connectivity index (χ3n) is 9.01. The van der Waals surface area contributed by atoms with E-state index >= 15 is 0 Å². The van der Waals surface area contributed by atoms with Gasteiger partial charge in [0.05, 0.1) is 21.8 Å². The Kier molecular flexibility index (Phi) is 16.9. The third-order valence-corrected chi connectivity index (χ3v) is 15.2. The van der Waals surface area contributed by atoms with Gasteiger partial charge in [-0.1, -0.05) is 72.8 Å². The Morgan fingerprint density at radius 3 is 1.03 bits per heavy atom. The highest BCUT2D eigenvalue weighted by Crippen LogP contribution is 2.45. The molecule has 1 N–H and O–H groups in total. The first kappa shape index (κ1) is 55.3. The number of rotatable bonds is 15. The molecule has 24 heteroatoms. The number of hydrogen-bond acceptors (Lipinski definition) is 10. The largest absolute Gasteiger partial charge is 0.743 e. The lowest BCUT2D eigenvalue weighted by Gasteiger charge is -2.31. The van der Waals surface area contributed by atoms with Crippen molar-refractivity contribution in [3.8, 4) is 23.0 Å². The number of phenols is 1. The highest BCUT2D eigenvalue weighted by Gasteiger charge is 2.63. The van der Waals surface area contributed by atoms with Gasteiger partial charge < -0.3 is 28.4 Å². The van der Waals surface area contributed by atoms with Gasteiger partial charge in [-0.05, 0) is 93.6 Å². The molecule has 376 valence electrons. The van der Waals surface area contributed by atoms with Crippen molar-refractivity contribution in [1.29, 1.82) is 0 Å². The van der Waals surface area contributed by atoms with E-state index in [0.29, 0.717) is 9.79 Å². The molecule has 0 aliphatic carbocycles. The molecular formula is C46H38F10O10S4. The van der Waals surface area contributed by atoms with Crippen LogP contribution in [0, 0.1) is 0 Å². The Labute approximate surface area is 401 Å². The quantitative estimate of drug-likeness (QED) is 0.0595. The van der Waals surface area contributed by atoms with Crippen LogP contribution in [0.25, 0.3) is 0 Å². The number of ether oxygens (including phenoxy) is 3. The van der Waals surface area contributed by atoms with Crippen molar-refractivity contribution in [2.24, 2.45) is 0 Å². The molecule has 0 saturated heterocycles. The molecule has 0 amide bonds. The molecule has 0 radical (unpaired) electrons. The van der Waals surface area contributed by atoms with Crippen LogP contribution >= 0.6 is 0 Å². The van der Waals surface area contributed by atoms with Gasteiger partial charge in [-0.2, -0.15) is 43.9 Å². The molecule has 70 heavy (non-hydrogen) atoms. The summed E-state index contributed by atoms with van der Waals surface area (Å²) in [5.41, 5.74) is -1.00. The lowest BCUT2D eigenvalue weighted by Crippen LogP contribution is -2.53. The second-order valence-electron chi connectivity index (χ2n) is 15.4. The summed E-state index contributed by atoms with van der Waals surface area (Å²) in [7, 11) is -15.0. The molecule has 0 spiro atoms. The van der Waals surface area contributed by atoms with E-state index in [1.807, 2.05) is 60.7 Å². The standard InChI is InChI=1S/C25H23F5O5S2.C21H15F5O5S2/c1-23(2,3)35-21-16-19(36(17-10-6-4-7-11-17)18-12-8-5-9-13-18)14-15-20(21)34-22(24(26,27)28)25(29,30)37(31,32)33;22-20(23,24)19(21(25,26)33(28,29)30)31-18-12-11-16(13-17(18)27)32(14-7-3-1-4-8-14)15-9-5-2-6-10-15/h4-16,22H,1-3H3;1-13,19H,(H-,27,28,29,30). The maximum absolute atomic E-state index is 14.1. The molecule has 0 fully saturated rings. The fourth-order valence-electron chi connectivity index (χ4n) is 6.06. The molecule has 10 nitrogen and oxygen atoms in total. The van der Waals surface area contributed by atoms with Crippen LogP contribution in [0.1, 0.15) is 20.8 Å². The molecule has 6 rings (SSSR count). The van der Waals surface area contributed by atoms with E-state index in [9.17, 15) is 75.0 Å². The average Bonchev–Trinajstić information content (AvgIpc) is 3.25. The monoisotopic (exact) mass is 1070 g/mol. The minimum Gasteiger partial charge on any atom is -0.743 e. The Morgan fingerprint density at radius 1 is 0.443 bits per heavy atom. The van der Waals surface area contributed by atoms with Gasteiger partial charge in [0.2, 0.25) is 0 Å². The summed E-state index contributed by atoms with van der Waals surface area (Å²) in [5, 5.41) is -1.36. The second-order valence-corrected chi connectivity index (χ2v) is 22.4. The van der Waals surface area contributed by atoms with Crippen molar-refractivity contribution in [2.45, 2.75) is 90.8 Å². The Bertz CT molecular complexity index is 2830. The minimum absolute atomic E-state index is 0.331. The molecule has 0 aliphatic heterocycles. The molecule has 6 aromatic rings. The number of hydrogen-bond donors (Lipinski definition) is 1. The summed E-state index contributed by atoms with van der Waals surface area (Å²) in [5.74, 6) is -3.13. The van der Waals surface area contributed by atoms with E-state index in [-0.39, 0.29) is 5.75 Å². The average molecular weight is 1070 g/mol. The maximum atomic E-state index is 14.1. The van der Waals surface area contributed by atoms with Crippen molar-refractivity contribution in [3.63, 3.8) is 0 Å². The lowest BCUT2D eigenvalue weighted by atomic mass is 10.2. The van der Waals surface area contributed by atoms with E-state index in [0.717, 1.165) is 37.8 Å². The first-order chi connectivity index (χ1) is 32.3. The molecule has 6 aromatic carbocycles. The molecule has 0 aliphatic rings. The van der Waals surface area contributed by atoms with Gasteiger partial charge in [-0.25, -0.2) is 16.8 Å². The van der Waals surface area contributed by atoms with E-state index in [2.05, 4.69) is 9.47 Å². The van der Waals surface area contributed by atoms with Gasteiger partial charge in [-0.15, -0.1) is 0 Å². The summed E-state index contributed by atoms with van der Waals surface area (Å²) in [4.78, 5) is 4.31. The van der Waals surface area contributed by atoms with Gasteiger partial charge in [0.25, 0.3) is 12.2 Å². The summed E-state index contributed by atoms with van der Waals surface area (Å²) >= 11 is 0. The smallest absolute Gasteiger partial charge is 0.432 e. The number of aromatic hydroxyl groups is 1. The zero-order valence-corrected chi connectivity index (χ0v) is 39.5. The van der Waals surface area contributed by atoms with E-state index in [1.165, 1.54) is 18.2 Å². The van der Waals surface area contributed by atoms with Gasteiger partial charge >= 0.3 is 22.9 Å². The van der Waals surface area contributed by atoms with E-state index in [1.54, 1.807) is 81.4 Å². The van der Waals surface area contributed by atoms with E-state index in [4.69, 9.17) is 4.74 Å². The van der Waals surface area contributed by atoms with Crippen molar-refractivity contribution >= 4 is 42.0 Å². The number of alkyl halides is 10. The molecule has 0 saturated carbocycles. The number of benzene rings is 6. The number of phenolic OH excluding ortho intramolecular Hbond substituents is 1. The fourth-order valence-corrected chi connectivity index (χ4v) is 11.2. The van der Waals surface area contributed by atoms with Gasteiger partial charge in [-0.3, -0.25) is 0 Å². The SMILES string of the molecule is CC(C)(C)Oc1cc([S+](c2ccccc2)c2ccccc2)ccc1OC(C(F)(F)F)C(F)(F)S(=O)(=O)[O-].O=S(=O)([O-])C(F)(F)C(Oc1ccc([S+](c2ccccc2)c2ccccc2)cc1O)C(F)(F)F. The molecule has 0 aromatic heterocycles. The fraction of sp³-hybridized carbons (Fsp3) is 0.217. The second kappa shape index (κ2) is 21.4. The topological polar surface area (TPSA) is 162 Å². The highest BCUT2D eigenvalue weighted by atomic mass is 32.2. The minimum atomic E-state index is -6.72. The van der Waals surface area contributed by atoms with Crippen LogP contribution in [-0.2, 0) is 42.0 Å². The van der Waals surface area contributed by atoms with Crippen molar-refractivity contribution in [3.05, 3.63) is 158 Å². The number of halogens is 10. The zero-order valence-electron chi connectivity index (χ0n) is 36.2. The Morgan fingerprint density at radius 2 is 0.743 bits per heavy atom. The van der Waals surface area contributed by atoms with Gasteiger partial charge in [0.15, 0.2) is 72.6 Å². The van der Waals surface area contributed by atoms with Crippen LogP contribution in [0.2, 0.25) is 0 Å². The molecule has 0 heterocycles. The first-order valence-corrected chi connectivity index (χ1v) is 25.1. The molecule has 2 unspecified atom stereocenters. The van der Waals surface area contributed by atoms with Crippen molar-refractivity contribution in [2.75, 3.05) is 0 Å². The Hall–Kier alpha value is -5.66. The van der Waals surface area contributed by atoms with Crippen LogP contribution in [0.15, 0.2) is 187 Å². The molecule has 0 bridgehead atoms. The van der Waals surface area contributed by atoms with Crippen LogP contribution in [0.5, 0.6) is 23.0 Å². The lowest BCUT2D eigenvalue weighted by molar-refractivity contribution is -0.239. The predicted molar refractivity (Wildman–Crippen MR) is 235 cm³/mol. The zero-order chi connectivity index (χ0) is 52.1. The van der Waals surface area contributed by atoms with Crippen LogP contribution in [-0.4, -0.2) is 71.7 Å². The van der Waals surface area contributed by atoms with E-state index < -0.39 is 99.9 Å². The van der Waals surface area contributed by atoms with Crippen LogP contribution in [0.3, 0.4) is 0 Å². The maximum Gasteiger partial charge on any atom is 0.432 e. The summed E-state index contributed by atoms with van der Waals surface area (Å²) in [6, 6.07) is 43.1. The summed E-state index contributed by atoms with van der Waals surface area (Å²) in [6.07, 6.45) is -20.4. The normalized spacial score (nSPS) is 13.8. The van der Waals surface area contributed by atoms with Gasteiger partial charge in [0, 0.05) is 12.1 Å². The predicted octanol–water partition coefficient (Wildman–Crippen LogP) is 11.3. The van der Waals surface area contributed by atoms with Crippen LogP contribution in [0.4, 0.5) is 43.9 Å². The molecular weight excluding hydrogens is 1030 g/mol. The summed E-state index contributed by atoms with van der Waals surface area (Å²) in [6.45, 7) is 4.74. The first-order valence-electron chi connectivity index (χ1n) is 19.8. The Balaban J connectivity index is 0.000000262. The van der Waals surface area contributed by atoms with Gasteiger partial charge in [0.1, 0.15) is 5.60 Å². The van der Waals surface area contributed by atoms with Crippen molar-refractivity contribution in [1.82, 2.24) is 0 Å². The molecule has 2 atom stereocenters.